The number of benzene rings is 3. The topological polar surface area (TPSA) is 105 Å². The molecule has 11 nitrogen and oxygen atoms in total. The Morgan fingerprint density at radius 3 is 2.43 bits per heavy atom. The van der Waals surface area contributed by atoms with Crippen LogP contribution in [0.3, 0.4) is 0 Å². The van der Waals surface area contributed by atoms with E-state index < -0.39 is 51.2 Å². The second-order valence-corrected chi connectivity index (χ2v) is 22.3. The number of rotatable bonds is 10. The number of halogens is 2. The standard InChI is InChI=1S/C23H24F2N4O3.C12H15N2O2.In/c1-3-28(4-2)18-6-8-19(9-7-18)30-12-22-31-14-23(32-22,13-29-16-26-15-27-29)20-10-5-17(24)11-21(20)25;1-9(2)13-8-11(15)14(12(13)16)10-6-4-3-5-7-10;/h5-11,15-16,22H,1-4,12-14H2;4-7,9,11,15H,8H2,1-2H3;/t22-,23+;;/m0../s1. The Morgan fingerprint density at radius 1 is 1.04 bits per heavy atom. The van der Waals surface area contributed by atoms with Crippen LogP contribution in [-0.4, -0.2) is 104 Å². The molecule has 256 valence electrons. The molecule has 1 unspecified atom stereocenters. The van der Waals surface area contributed by atoms with E-state index in [0.717, 1.165) is 30.5 Å². The normalized spacial score (nSPS) is 22.9. The molecule has 1 N–H and O–H groups in total. The Bertz CT molecular complexity index is 1740. The summed E-state index contributed by atoms with van der Waals surface area (Å²) in [4.78, 5) is 22.4. The van der Waals surface area contributed by atoms with Crippen molar-refractivity contribution in [3.8, 4) is 5.75 Å². The summed E-state index contributed by atoms with van der Waals surface area (Å²) in [7, 11) is 0. The second-order valence-electron chi connectivity index (χ2n) is 13.1. The SMILES string of the molecule is CC(C)N1CC(O)N(c2cc[c]([In]3[CH2]CN(c4ccc(OC[C@H]5OC[C@](Cn6cncn6)(c6ccc(F)cc6F)O5)cc4)C[CH2]3)cc2)C1=O. The maximum atomic E-state index is 14.9. The Balaban J connectivity index is 0.918. The van der Waals surface area contributed by atoms with Crippen molar-refractivity contribution in [3.63, 3.8) is 0 Å². The van der Waals surface area contributed by atoms with Crippen molar-refractivity contribution in [1.82, 2.24) is 19.7 Å². The van der Waals surface area contributed by atoms with Gasteiger partial charge in [-0.3, -0.25) is 0 Å². The van der Waals surface area contributed by atoms with Crippen LogP contribution in [0, 0.1) is 11.6 Å². The number of carbonyl (C=O) groups is 1. The molecule has 0 bridgehead atoms. The third-order valence-corrected chi connectivity index (χ3v) is 18.9. The van der Waals surface area contributed by atoms with E-state index in [0.29, 0.717) is 12.3 Å². The minimum absolute atomic E-state index is 0.0335. The van der Waals surface area contributed by atoms with Crippen LogP contribution in [0.5, 0.6) is 5.75 Å². The molecule has 3 fully saturated rings. The van der Waals surface area contributed by atoms with Gasteiger partial charge in [-0.05, 0) is 6.07 Å². The van der Waals surface area contributed by atoms with Gasteiger partial charge in [0.1, 0.15) is 24.3 Å². The van der Waals surface area contributed by atoms with Crippen LogP contribution in [0.1, 0.15) is 19.4 Å². The molecule has 3 saturated heterocycles. The molecule has 2 amide bonds. The quantitative estimate of drug-likeness (QED) is 0.257. The van der Waals surface area contributed by atoms with Gasteiger partial charge < -0.3 is 0 Å². The van der Waals surface area contributed by atoms with Crippen molar-refractivity contribution in [3.05, 3.63) is 96.6 Å². The Morgan fingerprint density at radius 2 is 1.78 bits per heavy atom. The van der Waals surface area contributed by atoms with Crippen LogP contribution in [0.25, 0.3) is 0 Å². The molecule has 0 aliphatic carbocycles. The van der Waals surface area contributed by atoms with Crippen LogP contribution in [0.2, 0.25) is 8.35 Å². The molecular formula is C35H39F2InN6O5. The number of hydrogen-bond donors (Lipinski definition) is 1. The van der Waals surface area contributed by atoms with Crippen molar-refractivity contribution in [2.24, 2.45) is 0 Å². The molecule has 3 aliphatic rings. The second kappa shape index (κ2) is 14.3. The first-order valence-corrected chi connectivity index (χ1v) is 22.9. The van der Waals surface area contributed by atoms with E-state index in [1.165, 1.54) is 46.0 Å². The number of aliphatic hydroxyl groups is 1. The fraction of sp³-hybridized carbons (Fsp3) is 0.400. The fourth-order valence-electron chi connectivity index (χ4n) is 6.99. The van der Waals surface area contributed by atoms with Gasteiger partial charge in [-0.15, -0.1) is 0 Å². The van der Waals surface area contributed by atoms with E-state index in [9.17, 15) is 18.7 Å². The Kier molecular flexibility index (Phi) is 9.82. The first kappa shape index (κ1) is 33.8. The van der Waals surface area contributed by atoms with Crippen LogP contribution in [0.4, 0.5) is 25.0 Å². The number of ether oxygens (including phenoxy) is 3. The third-order valence-electron chi connectivity index (χ3n) is 9.62. The van der Waals surface area contributed by atoms with Crippen molar-refractivity contribution in [1.29, 1.82) is 0 Å². The molecular weight excluding hydrogens is 737 g/mol. The number of urea groups is 1. The van der Waals surface area contributed by atoms with Gasteiger partial charge in [0.15, 0.2) is 0 Å². The Hall–Kier alpha value is -3.72. The Labute approximate surface area is 291 Å². The number of aliphatic hydroxyl groups excluding tert-OH is 1. The van der Waals surface area contributed by atoms with Gasteiger partial charge in [0.25, 0.3) is 0 Å². The maximum absolute atomic E-state index is 14.9. The molecule has 0 saturated carbocycles. The van der Waals surface area contributed by atoms with Gasteiger partial charge in [-0.25, -0.2) is 18.4 Å². The molecule has 7 rings (SSSR count). The predicted molar refractivity (Wildman–Crippen MR) is 180 cm³/mol. The van der Waals surface area contributed by atoms with E-state index >= 15 is 0 Å². The molecule has 14 heteroatoms. The number of carbonyl (C=O) groups excluding carboxylic acids is 1. The number of anilines is 2. The van der Waals surface area contributed by atoms with Gasteiger partial charge in [0.05, 0.1) is 6.54 Å². The zero-order valence-corrected chi connectivity index (χ0v) is 30.8. The minimum atomic E-state index is -1.99. The van der Waals surface area contributed by atoms with Gasteiger partial charge >= 0.3 is 214 Å². The molecule has 1 aromatic heterocycles. The summed E-state index contributed by atoms with van der Waals surface area (Å²) in [6.45, 7) is 6.47. The summed E-state index contributed by atoms with van der Waals surface area (Å²) < 4.78 is 52.1. The van der Waals surface area contributed by atoms with Crippen molar-refractivity contribution in [2.45, 2.75) is 52.9 Å². The van der Waals surface area contributed by atoms with E-state index in [1.54, 1.807) is 4.90 Å². The molecule has 0 spiro atoms. The zero-order chi connectivity index (χ0) is 34.1. The average Bonchev–Trinajstić information content (AvgIpc) is 3.84. The number of aromatic nitrogens is 3. The van der Waals surface area contributed by atoms with E-state index in [-0.39, 0.29) is 37.4 Å². The molecule has 3 atom stereocenters. The fourth-order valence-corrected chi connectivity index (χ4v) is 15.4. The molecule has 0 radical (unpaired) electrons. The van der Waals surface area contributed by atoms with E-state index in [1.807, 2.05) is 38.1 Å². The number of hydrogen-bond acceptors (Lipinski definition) is 8. The van der Waals surface area contributed by atoms with Crippen molar-refractivity contribution < 1.29 is 32.9 Å². The van der Waals surface area contributed by atoms with Gasteiger partial charge in [0.2, 0.25) is 0 Å². The first-order valence-electron chi connectivity index (χ1n) is 16.6. The summed E-state index contributed by atoms with van der Waals surface area (Å²) in [5.41, 5.74) is 0.830. The number of β-amino-alcohol motifs (C(OH)–C–C–N with tert-alkyl or cyclic N) is 1. The average molecular weight is 777 g/mol. The summed E-state index contributed by atoms with van der Waals surface area (Å²) in [5, 5.41) is 14.7. The van der Waals surface area contributed by atoms with E-state index in [4.69, 9.17) is 14.2 Å². The van der Waals surface area contributed by atoms with Gasteiger partial charge in [0, 0.05) is 11.6 Å². The van der Waals surface area contributed by atoms with Gasteiger partial charge in [-0.1, -0.05) is 6.07 Å². The van der Waals surface area contributed by atoms with Crippen molar-refractivity contribution >= 4 is 42.2 Å². The predicted octanol–water partition coefficient (Wildman–Crippen LogP) is 4.09. The monoisotopic (exact) mass is 776 g/mol. The molecule has 3 aromatic carbocycles. The molecule has 4 aromatic rings. The summed E-state index contributed by atoms with van der Waals surface area (Å²) in [6, 6.07) is 19.6. The van der Waals surface area contributed by atoms with E-state index in [2.05, 4.69) is 39.2 Å². The van der Waals surface area contributed by atoms with Crippen LogP contribution < -0.4 is 17.9 Å². The zero-order valence-electron chi connectivity index (χ0n) is 27.5. The number of amides is 2. The summed E-state index contributed by atoms with van der Waals surface area (Å²) in [6.07, 6.45) is 1.28. The third kappa shape index (κ3) is 7.14. The van der Waals surface area contributed by atoms with Crippen molar-refractivity contribution in [2.75, 3.05) is 42.6 Å². The summed E-state index contributed by atoms with van der Waals surface area (Å²) in [5.74, 6) is -0.735. The molecule has 49 heavy (non-hydrogen) atoms. The van der Waals surface area contributed by atoms with Crippen LogP contribution in [0.15, 0.2) is 79.4 Å². The van der Waals surface area contributed by atoms with Gasteiger partial charge in [-0.2, -0.15) is 5.10 Å². The molecule has 3 aliphatic heterocycles. The van der Waals surface area contributed by atoms with Crippen LogP contribution in [-0.2, 0) is 21.6 Å². The summed E-state index contributed by atoms with van der Waals surface area (Å²) >= 11 is -1.99. The molecule has 4 heterocycles. The number of nitrogens with zero attached hydrogens (tertiary/aromatic N) is 6. The first-order chi connectivity index (χ1) is 23.7. The van der Waals surface area contributed by atoms with Crippen LogP contribution >= 0.6 is 0 Å².